The SMILES string of the molecule is COc1ccccc1Oc1cnc(NS(=O)(=O)/C=C/c2ccccc2)nc1OC. The van der Waals surface area contributed by atoms with Gasteiger partial charge < -0.3 is 14.2 Å². The molecule has 0 amide bonds. The molecule has 0 aliphatic rings. The predicted octanol–water partition coefficient (Wildman–Crippen LogP) is 3.70. The zero-order valence-electron chi connectivity index (χ0n) is 15.8. The largest absolute Gasteiger partial charge is 0.493 e. The van der Waals surface area contributed by atoms with Gasteiger partial charge in [0, 0.05) is 0 Å². The Labute approximate surface area is 168 Å². The van der Waals surface area contributed by atoms with Crippen LogP contribution in [0.4, 0.5) is 5.95 Å². The van der Waals surface area contributed by atoms with Gasteiger partial charge in [0.2, 0.25) is 11.7 Å². The first-order chi connectivity index (χ1) is 14.0. The highest BCUT2D eigenvalue weighted by Gasteiger charge is 2.15. The predicted molar refractivity (Wildman–Crippen MR) is 110 cm³/mol. The van der Waals surface area contributed by atoms with Gasteiger partial charge in [-0.25, -0.2) is 18.1 Å². The Morgan fingerprint density at radius 2 is 1.59 bits per heavy atom. The van der Waals surface area contributed by atoms with Crippen LogP contribution in [0.15, 0.2) is 66.2 Å². The van der Waals surface area contributed by atoms with Gasteiger partial charge in [-0.1, -0.05) is 42.5 Å². The molecule has 0 aliphatic carbocycles. The summed E-state index contributed by atoms with van der Waals surface area (Å²) in [6.07, 6.45) is 2.79. The van der Waals surface area contributed by atoms with Crippen LogP contribution in [0, 0.1) is 0 Å². The van der Waals surface area contributed by atoms with Crippen molar-refractivity contribution in [2.45, 2.75) is 0 Å². The number of aromatic nitrogens is 2. The topological polar surface area (TPSA) is 99.6 Å². The molecule has 0 spiro atoms. The molecule has 1 N–H and O–H groups in total. The molecule has 3 rings (SSSR count). The first-order valence-electron chi connectivity index (χ1n) is 8.48. The minimum absolute atomic E-state index is 0.0654. The number of nitrogens with one attached hydrogen (secondary N) is 1. The molecule has 0 saturated heterocycles. The van der Waals surface area contributed by atoms with Crippen LogP contribution in [0.3, 0.4) is 0 Å². The lowest BCUT2D eigenvalue weighted by atomic mass is 10.2. The highest BCUT2D eigenvalue weighted by atomic mass is 32.2. The molecule has 150 valence electrons. The Balaban J connectivity index is 1.78. The van der Waals surface area contributed by atoms with E-state index in [2.05, 4.69) is 14.7 Å². The summed E-state index contributed by atoms with van der Waals surface area (Å²) >= 11 is 0. The lowest BCUT2D eigenvalue weighted by Gasteiger charge is -2.12. The van der Waals surface area contributed by atoms with Crippen molar-refractivity contribution >= 4 is 22.0 Å². The molecule has 3 aromatic rings. The molecule has 1 heterocycles. The Hall–Kier alpha value is -3.59. The van der Waals surface area contributed by atoms with Crippen molar-refractivity contribution in [3.63, 3.8) is 0 Å². The molecule has 2 aromatic carbocycles. The van der Waals surface area contributed by atoms with Crippen LogP contribution < -0.4 is 18.9 Å². The summed E-state index contributed by atoms with van der Waals surface area (Å²) in [6.45, 7) is 0. The minimum Gasteiger partial charge on any atom is -0.493 e. The minimum atomic E-state index is -3.81. The maximum atomic E-state index is 12.3. The fourth-order valence-corrected chi connectivity index (χ4v) is 3.09. The van der Waals surface area contributed by atoms with Gasteiger partial charge >= 0.3 is 0 Å². The summed E-state index contributed by atoms with van der Waals surface area (Å²) in [5.41, 5.74) is 0.747. The van der Waals surface area contributed by atoms with E-state index in [0.717, 1.165) is 11.0 Å². The third-order valence-corrected chi connectivity index (χ3v) is 4.64. The van der Waals surface area contributed by atoms with Gasteiger partial charge in [0.05, 0.1) is 25.8 Å². The van der Waals surface area contributed by atoms with Crippen molar-refractivity contribution in [1.29, 1.82) is 0 Å². The third kappa shape index (κ3) is 5.45. The Kier molecular flexibility index (Phi) is 6.30. The lowest BCUT2D eigenvalue weighted by molar-refractivity contribution is 0.346. The van der Waals surface area contributed by atoms with E-state index in [1.54, 1.807) is 36.4 Å². The third-order valence-electron chi connectivity index (χ3n) is 3.68. The molecular weight excluding hydrogens is 394 g/mol. The number of benzene rings is 2. The molecule has 0 radical (unpaired) electrons. The Bertz CT molecular complexity index is 1100. The molecule has 8 nitrogen and oxygen atoms in total. The molecule has 1 aromatic heterocycles. The van der Waals surface area contributed by atoms with Crippen molar-refractivity contribution in [3.8, 4) is 23.1 Å². The van der Waals surface area contributed by atoms with Crippen molar-refractivity contribution in [1.82, 2.24) is 9.97 Å². The summed E-state index contributed by atoms with van der Waals surface area (Å²) in [7, 11) is -0.894. The normalized spacial score (nSPS) is 11.2. The number of hydrogen-bond donors (Lipinski definition) is 1. The average Bonchev–Trinajstić information content (AvgIpc) is 2.74. The number of anilines is 1. The fourth-order valence-electron chi connectivity index (χ4n) is 2.34. The number of hydrogen-bond acceptors (Lipinski definition) is 7. The molecule has 0 saturated carbocycles. The van der Waals surface area contributed by atoms with Gasteiger partial charge in [0.25, 0.3) is 15.9 Å². The summed E-state index contributed by atoms with van der Waals surface area (Å²) in [6, 6.07) is 16.1. The van der Waals surface area contributed by atoms with E-state index in [-0.39, 0.29) is 17.6 Å². The number of nitrogens with zero attached hydrogens (tertiary/aromatic N) is 2. The van der Waals surface area contributed by atoms with Crippen molar-refractivity contribution in [2.24, 2.45) is 0 Å². The molecule has 9 heteroatoms. The van der Waals surface area contributed by atoms with Gasteiger partial charge in [-0.3, -0.25) is 0 Å². The zero-order valence-corrected chi connectivity index (χ0v) is 16.6. The number of sulfonamides is 1. The molecule has 0 bridgehead atoms. The Morgan fingerprint density at radius 1 is 0.897 bits per heavy atom. The van der Waals surface area contributed by atoms with Crippen LogP contribution in [-0.2, 0) is 10.0 Å². The second-order valence-electron chi connectivity index (χ2n) is 5.68. The van der Waals surface area contributed by atoms with Crippen molar-refractivity contribution < 1.29 is 22.6 Å². The first kappa shape index (κ1) is 20.2. The number of para-hydroxylation sites is 2. The number of ether oxygens (including phenoxy) is 3. The maximum Gasteiger partial charge on any atom is 0.262 e. The van der Waals surface area contributed by atoms with E-state index in [9.17, 15) is 8.42 Å². The van der Waals surface area contributed by atoms with Gasteiger partial charge in [0.1, 0.15) is 0 Å². The zero-order chi connectivity index (χ0) is 20.7. The van der Waals surface area contributed by atoms with Crippen LogP contribution in [0.25, 0.3) is 6.08 Å². The van der Waals surface area contributed by atoms with Crippen LogP contribution >= 0.6 is 0 Å². The quantitative estimate of drug-likeness (QED) is 0.601. The second kappa shape index (κ2) is 9.07. The monoisotopic (exact) mass is 413 g/mol. The first-order valence-corrected chi connectivity index (χ1v) is 10.0. The molecule has 0 fully saturated rings. The molecule has 0 aliphatic heterocycles. The van der Waals surface area contributed by atoms with E-state index in [1.165, 1.54) is 26.5 Å². The molecule has 0 atom stereocenters. The highest BCUT2D eigenvalue weighted by Crippen LogP contribution is 2.35. The van der Waals surface area contributed by atoms with Gasteiger partial charge in [0.15, 0.2) is 11.5 Å². The lowest BCUT2D eigenvalue weighted by Crippen LogP contribution is -2.12. The molecule has 0 unspecified atom stereocenters. The fraction of sp³-hybridized carbons (Fsp3) is 0.100. The van der Waals surface area contributed by atoms with E-state index < -0.39 is 10.0 Å². The summed E-state index contributed by atoms with van der Waals surface area (Å²) in [5.74, 6) is 1.09. The smallest absolute Gasteiger partial charge is 0.262 e. The van der Waals surface area contributed by atoms with Gasteiger partial charge in [-0.05, 0) is 23.8 Å². The maximum absolute atomic E-state index is 12.3. The van der Waals surface area contributed by atoms with Crippen molar-refractivity contribution in [3.05, 3.63) is 71.8 Å². The standard InChI is InChI=1S/C20H19N3O5S/c1-26-16-10-6-7-11-17(16)28-18-14-21-20(22-19(18)27-2)23-29(24,25)13-12-15-8-4-3-5-9-15/h3-14H,1-2H3,(H,21,22,23)/b13-12+. The second-order valence-corrected chi connectivity index (χ2v) is 7.25. The van der Waals surface area contributed by atoms with Crippen molar-refractivity contribution in [2.75, 3.05) is 18.9 Å². The van der Waals surface area contributed by atoms with Crippen LogP contribution in [0.2, 0.25) is 0 Å². The summed E-state index contributed by atoms with van der Waals surface area (Å²) in [5, 5.41) is 1.04. The van der Waals surface area contributed by atoms with E-state index in [1.807, 2.05) is 18.2 Å². The number of methoxy groups -OCH3 is 2. The van der Waals surface area contributed by atoms with Gasteiger partial charge in [-0.2, -0.15) is 4.98 Å². The Morgan fingerprint density at radius 3 is 2.28 bits per heavy atom. The van der Waals surface area contributed by atoms with E-state index >= 15 is 0 Å². The molecule has 29 heavy (non-hydrogen) atoms. The van der Waals surface area contributed by atoms with E-state index in [4.69, 9.17) is 14.2 Å². The summed E-state index contributed by atoms with van der Waals surface area (Å²) < 4.78 is 43.0. The van der Waals surface area contributed by atoms with E-state index in [0.29, 0.717) is 11.5 Å². The average molecular weight is 413 g/mol. The van der Waals surface area contributed by atoms with Gasteiger partial charge in [-0.15, -0.1) is 0 Å². The summed E-state index contributed by atoms with van der Waals surface area (Å²) in [4.78, 5) is 8.06. The van der Waals surface area contributed by atoms with Crippen LogP contribution in [0.1, 0.15) is 5.56 Å². The van der Waals surface area contributed by atoms with Crippen LogP contribution in [0.5, 0.6) is 23.1 Å². The highest BCUT2D eigenvalue weighted by molar-refractivity contribution is 7.95. The van der Waals surface area contributed by atoms with Crippen LogP contribution in [-0.4, -0.2) is 32.6 Å². The molecular formula is C20H19N3O5S. The number of rotatable bonds is 8.